The first-order valence-electron chi connectivity index (χ1n) is 11.9. The normalized spacial score (nSPS) is 8.06. The van der Waals surface area contributed by atoms with E-state index in [4.69, 9.17) is 0 Å². The Labute approximate surface area is 202 Å². The highest BCUT2D eigenvalue weighted by Crippen LogP contribution is 2.14. The third-order valence-corrected chi connectivity index (χ3v) is 3.48. The minimum absolute atomic E-state index is 0.0423. The van der Waals surface area contributed by atoms with Crippen LogP contribution in [-0.2, 0) is 4.74 Å². The molecule has 3 nitrogen and oxygen atoms in total. The monoisotopic (exact) mass is 452 g/mol. The quantitative estimate of drug-likeness (QED) is 0.373. The Kier molecular flexibility index (Phi) is 26.4. The molecule has 0 bridgehead atoms. The van der Waals surface area contributed by atoms with E-state index < -0.39 is 0 Å². The lowest BCUT2D eigenvalue weighted by Crippen LogP contribution is -2.04. The SMILES string of the molecule is CC.CC.CC.CC.COC.O=C(c1ccccc1)c1ccc(C(=O)c2ccccc2)cc1. The summed E-state index contributed by atoms with van der Waals surface area (Å²) in [6.07, 6.45) is 0. The molecule has 3 aromatic carbocycles. The van der Waals surface area contributed by atoms with Gasteiger partial charge in [0.05, 0.1) is 0 Å². The lowest BCUT2D eigenvalue weighted by atomic mass is 9.99. The fraction of sp³-hybridized carbons (Fsp3) is 0.333. The van der Waals surface area contributed by atoms with Crippen molar-refractivity contribution in [2.75, 3.05) is 14.2 Å². The molecule has 0 amide bonds. The molecule has 0 saturated carbocycles. The summed E-state index contributed by atoms with van der Waals surface area (Å²) >= 11 is 0. The number of ether oxygens (including phenoxy) is 1. The van der Waals surface area contributed by atoms with Gasteiger partial charge in [-0.05, 0) is 0 Å². The van der Waals surface area contributed by atoms with E-state index in [9.17, 15) is 9.59 Å². The maximum atomic E-state index is 12.3. The molecule has 3 aromatic rings. The van der Waals surface area contributed by atoms with Gasteiger partial charge in [-0.25, -0.2) is 0 Å². The van der Waals surface area contributed by atoms with Gasteiger partial charge >= 0.3 is 0 Å². The van der Waals surface area contributed by atoms with E-state index in [-0.39, 0.29) is 11.6 Å². The van der Waals surface area contributed by atoms with Crippen LogP contribution in [0, 0.1) is 0 Å². The van der Waals surface area contributed by atoms with Crippen LogP contribution in [0.4, 0.5) is 0 Å². The van der Waals surface area contributed by atoms with Crippen molar-refractivity contribution in [3.05, 3.63) is 107 Å². The molecule has 0 N–H and O–H groups in total. The average Bonchev–Trinajstić information content (AvgIpc) is 2.94. The van der Waals surface area contributed by atoms with E-state index >= 15 is 0 Å². The number of rotatable bonds is 4. The molecule has 0 saturated heterocycles. The topological polar surface area (TPSA) is 43.4 Å². The number of hydrogen-bond donors (Lipinski definition) is 0. The molecule has 3 rings (SSSR count). The molecule has 0 unspecified atom stereocenters. The van der Waals surface area contributed by atoms with Gasteiger partial charge in [-0.1, -0.05) is 140 Å². The van der Waals surface area contributed by atoms with Crippen LogP contribution in [0.5, 0.6) is 0 Å². The number of carbonyl (C=O) groups excluding carboxylic acids is 2. The summed E-state index contributed by atoms with van der Waals surface area (Å²) in [5.41, 5.74) is 2.45. The Bertz CT molecular complexity index is 738. The van der Waals surface area contributed by atoms with Crippen molar-refractivity contribution in [1.82, 2.24) is 0 Å². The number of carbonyl (C=O) groups is 2. The summed E-state index contributed by atoms with van der Waals surface area (Å²) in [5.74, 6) is -0.0846. The second-order valence-corrected chi connectivity index (χ2v) is 5.38. The average molecular weight is 453 g/mol. The van der Waals surface area contributed by atoms with Gasteiger partial charge in [0.2, 0.25) is 0 Å². The highest BCUT2D eigenvalue weighted by molar-refractivity contribution is 6.11. The van der Waals surface area contributed by atoms with E-state index in [0.717, 1.165) is 0 Å². The first-order valence-corrected chi connectivity index (χ1v) is 11.9. The fourth-order valence-corrected chi connectivity index (χ4v) is 2.29. The molecule has 0 radical (unpaired) electrons. The molecular formula is C30H44O3. The summed E-state index contributed by atoms with van der Waals surface area (Å²) in [6.45, 7) is 16.0. The fourth-order valence-electron chi connectivity index (χ4n) is 2.29. The zero-order chi connectivity index (χ0) is 26.1. The van der Waals surface area contributed by atoms with Crippen molar-refractivity contribution in [1.29, 1.82) is 0 Å². The van der Waals surface area contributed by atoms with Crippen LogP contribution in [-0.4, -0.2) is 25.8 Å². The standard InChI is InChI=1S/C20H14O2.C2H6O.4C2H6/c21-19(15-7-3-1-4-8-15)17-11-13-18(14-12-17)20(22)16-9-5-2-6-10-16;1-3-2;4*1-2/h1-14H;1-2H3;4*1-2H3. The van der Waals surface area contributed by atoms with Crippen molar-refractivity contribution in [2.45, 2.75) is 55.4 Å². The van der Waals surface area contributed by atoms with Crippen molar-refractivity contribution in [2.24, 2.45) is 0 Å². The summed E-state index contributed by atoms with van der Waals surface area (Å²) in [5, 5.41) is 0. The van der Waals surface area contributed by atoms with Gasteiger partial charge in [-0.3, -0.25) is 9.59 Å². The van der Waals surface area contributed by atoms with Gasteiger partial charge in [-0.2, -0.15) is 0 Å². The lowest BCUT2D eigenvalue weighted by Gasteiger charge is -2.04. The smallest absolute Gasteiger partial charge is 0.193 e. The van der Waals surface area contributed by atoms with E-state index in [1.165, 1.54) is 0 Å². The van der Waals surface area contributed by atoms with Gasteiger partial charge in [0, 0.05) is 36.5 Å². The molecule has 0 aliphatic rings. The van der Waals surface area contributed by atoms with Gasteiger partial charge < -0.3 is 4.74 Å². The Morgan fingerprint density at radius 1 is 0.424 bits per heavy atom. The Hall–Kier alpha value is -3.04. The number of hydrogen-bond acceptors (Lipinski definition) is 3. The molecule has 0 spiro atoms. The van der Waals surface area contributed by atoms with Crippen LogP contribution in [0.2, 0.25) is 0 Å². The summed E-state index contributed by atoms with van der Waals surface area (Å²) < 4.78 is 4.25. The molecular weight excluding hydrogens is 408 g/mol. The Balaban J connectivity index is -0.000000713. The number of benzene rings is 3. The molecule has 0 heterocycles. The van der Waals surface area contributed by atoms with Crippen LogP contribution in [0.15, 0.2) is 84.9 Å². The van der Waals surface area contributed by atoms with Gasteiger partial charge in [-0.15, -0.1) is 0 Å². The van der Waals surface area contributed by atoms with Crippen LogP contribution in [0.25, 0.3) is 0 Å². The van der Waals surface area contributed by atoms with E-state index in [0.29, 0.717) is 22.3 Å². The summed E-state index contributed by atoms with van der Waals surface area (Å²) in [6, 6.07) is 25.0. The highest BCUT2D eigenvalue weighted by Gasteiger charge is 2.11. The van der Waals surface area contributed by atoms with Crippen molar-refractivity contribution in [3.63, 3.8) is 0 Å². The first-order chi connectivity index (χ1) is 16.2. The highest BCUT2D eigenvalue weighted by atomic mass is 16.4. The third kappa shape index (κ3) is 13.9. The molecule has 182 valence electrons. The van der Waals surface area contributed by atoms with Crippen molar-refractivity contribution in [3.8, 4) is 0 Å². The van der Waals surface area contributed by atoms with Gasteiger partial charge in [0.15, 0.2) is 11.6 Å². The van der Waals surface area contributed by atoms with E-state index in [1.54, 1.807) is 62.8 Å². The third-order valence-electron chi connectivity index (χ3n) is 3.48. The minimum atomic E-state index is -0.0423. The predicted octanol–water partition coefficient (Wildman–Crippen LogP) is 8.52. The van der Waals surface area contributed by atoms with Crippen LogP contribution in [0.1, 0.15) is 87.2 Å². The zero-order valence-electron chi connectivity index (χ0n) is 22.3. The largest absolute Gasteiger partial charge is 0.388 e. The zero-order valence-corrected chi connectivity index (χ0v) is 22.3. The molecule has 0 fully saturated rings. The molecule has 0 aliphatic carbocycles. The van der Waals surface area contributed by atoms with Crippen LogP contribution in [0.3, 0.4) is 0 Å². The lowest BCUT2D eigenvalue weighted by molar-refractivity contribution is 0.102. The molecule has 3 heteroatoms. The number of methoxy groups -OCH3 is 1. The molecule has 0 atom stereocenters. The Morgan fingerprint density at radius 3 is 0.818 bits per heavy atom. The second-order valence-electron chi connectivity index (χ2n) is 5.38. The van der Waals surface area contributed by atoms with Gasteiger partial charge in [0.25, 0.3) is 0 Å². The van der Waals surface area contributed by atoms with Crippen molar-refractivity contribution < 1.29 is 14.3 Å². The molecule has 33 heavy (non-hydrogen) atoms. The number of ketones is 2. The second kappa shape index (κ2) is 25.2. The molecule has 0 aromatic heterocycles. The van der Waals surface area contributed by atoms with E-state index in [2.05, 4.69) is 4.74 Å². The van der Waals surface area contributed by atoms with Crippen LogP contribution >= 0.6 is 0 Å². The molecule has 0 aliphatic heterocycles. The maximum absolute atomic E-state index is 12.3. The van der Waals surface area contributed by atoms with Gasteiger partial charge in [0.1, 0.15) is 0 Å². The van der Waals surface area contributed by atoms with Crippen LogP contribution < -0.4 is 0 Å². The summed E-state index contributed by atoms with van der Waals surface area (Å²) in [7, 11) is 3.25. The maximum Gasteiger partial charge on any atom is 0.193 e. The van der Waals surface area contributed by atoms with E-state index in [1.807, 2.05) is 91.8 Å². The first kappa shape index (κ1) is 34.6. The Morgan fingerprint density at radius 2 is 0.606 bits per heavy atom. The minimum Gasteiger partial charge on any atom is -0.388 e. The van der Waals surface area contributed by atoms with Crippen molar-refractivity contribution >= 4 is 11.6 Å². The predicted molar refractivity (Wildman–Crippen MR) is 145 cm³/mol. The summed E-state index contributed by atoms with van der Waals surface area (Å²) in [4.78, 5) is 24.6.